The maximum atomic E-state index is 10.8. The van der Waals surface area contributed by atoms with Gasteiger partial charge in [-0.1, -0.05) is 0 Å². The molecule has 9 N–H and O–H groups in total. The SMILES string of the molecule is OCC(O)COCC(O)COCC(O)COC(COCC(COCC(O)CO)OCC(O)COCC(COCC1CO1)OCC(O)COCC(O)COCC1CO1)COC(COCC1CO1)COCC1CO1. The molecule has 0 bridgehead atoms. The molecule has 0 aromatic carbocycles. The average Bonchev–Trinajstić information content (AvgIpc) is 4.13. The number of hydrogen-bond donors (Lipinski definition) is 9. The van der Waals surface area contributed by atoms with Crippen molar-refractivity contribution in [3.05, 3.63) is 0 Å². The van der Waals surface area contributed by atoms with Crippen LogP contribution in [0.4, 0.5) is 0 Å². The van der Waals surface area contributed by atoms with E-state index in [1.165, 1.54) is 0 Å². The van der Waals surface area contributed by atoms with Crippen molar-refractivity contribution in [2.75, 3.05) is 198 Å². The van der Waals surface area contributed by atoms with Crippen LogP contribution in [-0.4, -0.2) is 336 Å². The first-order valence-electron chi connectivity index (χ1n) is 24.7. The van der Waals surface area contributed by atoms with Crippen molar-refractivity contribution in [1.82, 2.24) is 0 Å². The van der Waals surface area contributed by atoms with E-state index in [1.54, 1.807) is 0 Å². The lowest BCUT2D eigenvalue weighted by molar-refractivity contribution is -0.140. The van der Waals surface area contributed by atoms with E-state index in [2.05, 4.69) is 0 Å². The number of rotatable bonds is 54. The van der Waals surface area contributed by atoms with Gasteiger partial charge in [0.15, 0.2) is 0 Å². The van der Waals surface area contributed by atoms with Gasteiger partial charge in [0.05, 0.1) is 198 Å². The maximum absolute atomic E-state index is 10.8. The number of aliphatic hydroxyl groups is 9. The summed E-state index contributed by atoms with van der Waals surface area (Å²) in [5.41, 5.74) is 0. The van der Waals surface area contributed by atoms with Gasteiger partial charge in [-0.15, -0.1) is 0 Å². The summed E-state index contributed by atoms with van der Waals surface area (Å²) >= 11 is 0. The highest BCUT2D eigenvalue weighted by Gasteiger charge is 2.28. The van der Waals surface area contributed by atoms with Crippen molar-refractivity contribution in [2.24, 2.45) is 0 Å². The van der Waals surface area contributed by atoms with Gasteiger partial charge in [-0.25, -0.2) is 0 Å². The minimum atomic E-state index is -1.14. The fourth-order valence-electron chi connectivity index (χ4n) is 5.92. The van der Waals surface area contributed by atoms with E-state index in [0.717, 1.165) is 0 Å². The van der Waals surface area contributed by atoms with Crippen LogP contribution in [0.15, 0.2) is 0 Å². The lowest BCUT2D eigenvalue weighted by Gasteiger charge is -2.25. The minimum Gasteiger partial charge on any atom is -0.394 e. The Labute approximate surface area is 420 Å². The summed E-state index contributed by atoms with van der Waals surface area (Å²) in [4.78, 5) is 0. The molecule has 0 aliphatic carbocycles. The smallest absolute Gasteiger partial charge is 0.104 e. The standard InChI is InChI=1S/C45H84O27/c46-1-31(48)3-55-5-33(50)6-56-10-36(53)14-67-41(26-68-40(19-63-24-44-29-71-44)20-64-25-45-30-72-45)22-61-17-38(15-58-4-32(49)2-47)66-13-37(54)11-60-16-39(18-62-23-43-28-70-43)65-12-35(52)9-57-7-34(51)8-59-21-42-27-69-42/h31-54H,1-30H2. The molecule has 14 unspecified atom stereocenters. The summed E-state index contributed by atoms with van der Waals surface area (Å²) in [5.74, 6) is 0. The van der Waals surface area contributed by atoms with Gasteiger partial charge in [0, 0.05) is 0 Å². The number of epoxide rings is 4. The Kier molecular flexibility index (Phi) is 34.6. The Morgan fingerprint density at radius 3 is 0.750 bits per heavy atom. The van der Waals surface area contributed by atoms with Crippen LogP contribution in [0, 0.1) is 0 Å². The predicted molar refractivity (Wildman–Crippen MR) is 242 cm³/mol. The van der Waals surface area contributed by atoms with Crippen molar-refractivity contribution in [2.45, 2.75) is 91.6 Å². The van der Waals surface area contributed by atoms with E-state index >= 15 is 0 Å². The molecular weight excluding hydrogens is 972 g/mol. The van der Waals surface area contributed by atoms with Crippen LogP contribution < -0.4 is 0 Å². The van der Waals surface area contributed by atoms with Gasteiger partial charge < -0.3 is 131 Å². The van der Waals surface area contributed by atoms with Crippen LogP contribution in [0.3, 0.4) is 0 Å². The normalized spacial score (nSPS) is 24.0. The molecule has 0 spiro atoms. The summed E-state index contributed by atoms with van der Waals surface area (Å²) in [6.45, 7) is 1.65. The Morgan fingerprint density at radius 1 is 0.264 bits per heavy atom. The highest BCUT2D eigenvalue weighted by molar-refractivity contribution is 4.73. The Balaban J connectivity index is 1.22. The van der Waals surface area contributed by atoms with E-state index in [0.29, 0.717) is 52.9 Å². The second kappa shape index (κ2) is 39.3. The van der Waals surface area contributed by atoms with E-state index in [4.69, 9.17) is 90.4 Å². The van der Waals surface area contributed by atoms with E-state index in [1.807, 2.05) is 0 Å². The molecule has 4 aliphatic heterocycles. The Morgan fingerprint density at radius 2 is 0.458 bits per heavy atom. The summed E-state index contributed by atoms with van der Waals surface area (Å²) in [6, 6.07) is 0. The van der Waals surface area contributed by atoms with Crippen molar-refractivity contribution in [3.63, 3.8) is 0 Å². The van der Waals surface area contributed by atoms with Gasteiger partial charge in [0.1, 0.15) is 91.6 Å². The molecule has 4 heterocycles. The molecule has 4 aliphatic rings. The number of hydrogen-bond acceptors (Lipinski definition) is 27. The number of ether oxygens (including phenoxy) is 18. The van der Waals surface area contributed by atoms with Crippen LogP contribution in [-0.2, 0) is 85.3 Å². The molecule has 14 atom stereocenters. The Hall–Kier alpha value is -1.08. The Bertz CT molecular complexity index is 1250. The second-order valence-electron chi connectivity index (χ2n) is 18.0. The van der Waals surface area contributed by atoms with Crippen molar-refractivity contribution in [3.8, 4) is 0 Å². The van der Waals surface area contributed by atoms with Crippen LogP contribution in [0.1, 0.15) is 0 Å². The third-order valence-electron chi connectivity index (χ3n) is 10.3. The zero-order chi connectivity index (χ0) is 51.6. The fourth-order valence-corrected chi connectivity index (χ4v) is 5.92. The van der Waals surface area contributed by atoms with Crippen LogP contribution in [0.5, 0.6) is 0 Å². The molecule has 426 valence electrons. The molecule has 0 aromatic heterocycles. The molecule has 27 heteroatoms. The topological polar surface area (TPSA) is 361 Å². The third-order valence-corrected chi connectivity index (χ3v) is 10.3. The largest absolute Gasteiger partial charge is 0.394 e. The predicted octanol–water partition coefficient (Wildman–Crippen LogP) is -6.20. The quantitative estimate of drug-likeness (QED) is 0.0256. The van der Waals surface area contributed by atoms with Gasteiger partial charge in [-0.2, -0.15) is 0 Å². The van der Waals surface area contributed by atoms with E-state index in [-0.39, 0.29) is 157 Å². The minimum absolute atomic E-state index is 0.00626. The highest BCUT2D eigenvalue weighted by atomic mass is 16.6. The molecule has 0 amide bonds. The monoisotopic (exact) mass is 1060 g/mol. The van der Waals surface area contributed by atoms with Crippen molar-refractivity contribution < 1.29 is 131 Å². The first kappa shape index (κ1) is 63.5. The van der Waals surface area contributed by atoms with Crippen LogP contribution in [0.25, 0.3) is 0 Å². The van der Waals surface area contributed by atoms with Gasteiger partial charge in [-0.3, -0.25) is 0 Å². The van der Waals surface area contributed by atoms with Crippen molar-refractivity contribution >= 4 is 0 Å². The average molecular weight is 1060 g/mol. The molecule has 4 saturated heterocycles. The zero-order valence-corrected chi connectivity index (χ0v) is 41.2. The number of aliphatic hydroxyl groups excluding tert-OH is 9. The molecule has 72 heavy (non-hydrogen) atoms. The molecular formula is C45H84O27. The molecule has 4 fully saturated rings. The molecule has 0 saturated carbocycles. The van der Waals surface area contributed by atoms with E-state index in [9.17, 15) is 40.9 Å². The second-order valence-corrected chi connectivity index (χ2v) is 18.0. The van der Waals surface area contributed by atoms with Gasteiger partial charge in [0.25, 0.3) is 0 Å². The highest BCUT2D eigenvalue weighted by Crippen LogP contribution is 2.14. The van der Waals surface area contributed by atoms with Gasteiger partial charge >= 0.3 is 0 Å². The van der Waals surface area contributed by atoms with E-state index < -0.39 is 80.4 Å². The molecule has 4 rings (SSSR count). The van der Waals surface area contributed by atoms with Gasteiger partial charge in [0.2, 0.25) is 0 Å². The maximum Gasteiger partial charge on any atom is 0.104 e. The summed E-state index contributed by atoms with van der Waals surface area (Å²) < 4.78 is 101. The lowest BCUT2D eigenvalue weighted by atomic mass is 10.3. The van der Waals surface area contributed by atoms with Gasteiger partial charge in [-0.05, 0) is 0 Å². The third kappa shape index (κ3) is 35.3. The van der Waals surface area contributed by atoms with Crippen LogP contribution >= 0.6 is 0 Å². The summed E-state index contributed by atoms with van der Waals surface area (Å²) in [7, 11) is 0. The fraction of sp³-hybridized carbons (Fsp3) is 1.00. The zero-order valence-electron chi connectivity index (χ0n) is 41.2. The lowest BCUT2D eigenvalue weighted by Crippen LogP contribution is -2.37. The summed E-state index contributed by atoms with van der Waals surface area (Å²) in [6.07, 6.45) is -9.87. The van der Waals surface area contributed by atoms with Crippen LogP contribution in [0.2, 0.25) is 0 Å². The molecule has 27 nitrogen and oxygen atoms in total. The first-order valence-corrected chi connectivity index (χ1v) is 24.7. The van der Waals surface area contributed by atoms with Crippen molar-refractivity contribution in [1.29, 1.82) is 0 Å². The molecule has 0 radical (unpaired) electrons. The first-order chi connectivity index (χ1) is 35.0. The molecule has 0 aromatic rings. The summed E-state index contributed by atoms with van der Waals surface area (Å²) in [5, 5.41) is 89.5.